The van der Waals surface area contributed by atoms with Crippen LogP contribution in [-0.2, 0) is 14.8 Å². The van der Waals surface area contributed by atoms with Crippen molar-refractivity contribution in [1.82, 2.24) is 4.90 Å². The molecule has 0 unspecified atom stereocenters. The normalized spacial score (nSPS) is 22.3. The van der Waals surface area contributed by atoms with E-state index in [9.17, 15) is 13.2 Å². The number of amidine groups is 1. The molecule has 0 saturated carbocycles. The molecule has 1 atom stereocenters. The van der Waals surface area contributed by atoms with Crippen molar-refractivity contribution in [2.75, 3.05) is 17.6 Å². The van der Waals surface area contributed by atoms with Crippen LogP contribution in [0.15, 0.2) is 33.6 Å². The van der Waals surface area contributed by atoms with Crippen LogP contribution >= 0.6 is 11.8 Å². The number of anilines is 1. The summed E-state index contributed by atoms with van der Waals surface area (Å²) in [5, 5.41) is 3.26. The molecule has 0 radical (unpaired) electrons. The van der Waals surface area contributed by atoms with Crippen LogP contribution in [0.3, 0.4) is 0 Å². The molecule has 130 valence electrons. The van der Waals surface area contributed by atoms with Crippen molar-refractivity contribution in [3.05, 3.63) is 24.3 Å². The zero-order valence-corrected chi connectivity index (χ0v) is 15.2. The van der Waals surface area contributed by atoms with Crippen LogP contribution in [0.5, 0.6) is 0 Å². The Balaban J connectivity index is 1.67. The van der Waals surface area contributed by atoms with Gasteiger partial charge in [0.05, 0.1) is 11.4 Å². The highest BCUT2D eigenvalue weighted by Gasteiger charge is 2.28. The van der Waals surface area contributed by atoms with E-state index in [1.807, 2.05) is 4.90 Å². The van der Waals surface area contributed by atoms with Crippen LogP contribution in [0.25, 0.3) is 0 Å². The van der Waals surface area contributed by atoms with Crippen molar-refractivity contribution < 1.29 is 13.2 Å². The van der Waals surface area contributed by atoms with Gasteiger partial charge in [0, 0.05) is 12.6 Å². The molecule has 0 spiro atoms. The van der Waals surface area contributed by atoms with Crippen LogP contribution in [0.1, 0.15) is 32.6 Å². The van der Waals surface area contributed by atoms with Crippen molar-refractivity contribution in [2.24, 2.45) is 4.40 Å². The highest BCUT2D eigenvalue weighted by molar-refractivity contribution is 8.15. The smallest absolute Gasteiger partial charge is 0.286 e. The Labute approximate surface area is 146 Å². The molecule has 0 aromatic heterocycles. The van der Waals surface area contributed by atoms with Crippen molar-refractivity contribution in [3.63, 3.8) is 0 Å². The van der Waals surface area contributed by atoms with E-state index in [0.717, 1.165) is 37.6 Å². The number of rotatable bonds is 3. The molecule has 24 heavy (non-hydrogen) atoms. The molecule has 2 aliphatic rings. The molecular formula is C16H21N3O3S2. The van der Waals surface area contributed by atoms with Crippen LogP contribution in [0, 0.1) is 0 Å². The number of hydrogen-bond donors (Lipinski definition) is 1. The van der Waals surface area contributed by atoms with Crippen molar-refractivity contribution in [1.29, 1.82) is 0 Å². The number of carbonyl (C=O) groups is 1. The van der Waals surface area contributed by atoms with E-state index in [0.29, 0.717) is 11.7 Å². The topological polar surface area (TPSA) is 78.8 Å². The Hall–Kier alpha value is -1.54. The third kappa shape index (κ3) is 3.59. The Morgan fingerprint density at radius 3 is 2.96 bits per heavy atom. The maximum atomic E-state index is 12.5. The first-order valence-electron chi connectivity index (χ1n) is 8.14. The van der Waals surface area contributed by atoms with Gasteiger partial charge in [-0.25, -0.2) is 0 Å². The number of likely N-dealkylation sites (tertiary alicyclic amines) is 1. The zero-order chi connectivity index (χ0) is 17.2. The molecular weight excluding hydrogens is 346 g/mol. The summed E-state index contributed by atoms with van der Waals surface area (Å²) in [7, 11) is -3.70. The van der Waals surface area contributed by atoms with Gasteiger partial charge >= 0.3 is 0 Å². The van der Waals surface area contributed by atoms with Gasteiger partial charge in [-0.15, -0.1) is 4.40 Å². The highest BCUT2D eigenvalue weighted by atomic mass is 32.2. The highest BCUT2D eigenvalue weighted by Crippen LogP contribution is 2.29. The van der Waals surface area contributed by atoms with E-state index >= 15 is 0 Å². The predicted molar refractivity (Wildman–Crippen MR) is 96.8 cm³/mol. The molecule has 0 bridgehead atoms. The van der Waals surface area contributed by atoms with Gasteiger partial charge in [0.1, 0.15) is 4.90 Å². The fraction of sp³-hybridized carbons (Fsp3) is 0.500. The number of carbonyl (C=O) groups excluding carboxylic acids is 1. The number of benzene rings is 1. The van der Waals surface area contributed by atoms with Crippen molar-refractivity contribution >= 4 is 38.5 Å². The minimum Gasteiger partial charge on any atom is -0.339 e. The number of nitrogens with one attached hydrogen (secondary N) is 1. The molecule has 2 aliphatic heterocycles. The summed E-state index contributed by atoms with van der Waals surface area (Å²) in [6, 6.07) is 6.95. The van der Waals surface area contributed by atoms with Crippen LogP contribution in [0.2, 0.25) is 0 Å². The predicted octanol–water partition coefficient (Wildman–Crippen LogP) is 2.68. The monoisotopic (exact) mass is 367 g/mol. The number of sulfonamides is 1. The number of para-hydroxylation sites is 1. The second kappa shape index (κ2) is 7.14. The van der Waals surface area contributed by atoms with Crippen LogP contribution < -0.4 is 5.32 Å². The van der Waals surface area contributed by atoms with Gasteiger partial charge in [-0.2, -0.15) is 8.42 Å². The number of piperidine rings is 1. The third-order valence-corrected chi connectivity index (χ3v) is 6.67. The molecule has 0 aliphatic carbocycles. The summed E-state index contributed by atoms with van der Waals surface area (Å²) in [4.78, 5) is 14.6. The number of thioether (sulfide) groups is 1. The second-order valence-corrected chi connectivity index (χ2v) is 8.46. The molecule has 3 rings (SSSR count). The molecule has 1 amide bonds. The minimum absolute atomic E-state index is 0.0484. The number of amides is 1. The van der Waals surface area contributed by atoms with E-state index in [2.05, 4.69) is 16.6 Å². The fourth-order valence-corrected chi connectivity index (χ4v) is 5.24. The lowest BCUT2D eigenvalue weighted by molar-refractivity contribution is -0.132. The Morgan fingerprint density at radius 2 is 2.17 bits per heavy atom. The quantitative estimate of drug-likeness (QED) is 0.888. The molecule has 1 aromatic carbocycles. The standard InChI is InChI=1S/C16H21N3O3S2/c1-2-12-7-5-6-10-19(12)15(20)11-23-16-17-13-8-3-4-9-14(13)24(21,22)18-16/h3-4,8-9,12H,2,5-7,10-11H2,1H3,(H,17,18)/t12-/m1/s1. The second-order valence-electron chi connectivity index (χ2n) is 5.93. The zero-order valence-electron chi connectivity index (χ0n) is 13.6. The van der Waals surface area contributed by atoms with Crippen LogP contribution in [0.4, 0.5) is 5.69 Å². The first-order valence-corrected chi connectivity index (χ1v) is 10.6. The average molecular weight is 367 g/mol. The fourth-order valence-electron chi connectivity index (χ4n) is 3.12. The Bertz CT molecular complexity index is 762. The lowest BCUT2D eigenvalue weighted by Gasteiger charge is -2.35. The first-order chi connectivity index (χ1) is 11.5. The van der Waals surface area contributed by atoms with Gasteiger partial charge in [-0.1, -0.05) is 30.8 Å². The lowest BCUT2D eigenvalue weighted by Crippen LogP contribution is -2.44. The van der Waals surface area contributed by atoms with Gasteiger partial charge in [-0.3, -0.25) is 4.79 Å². The lowest BCUT2D eigenvalue weighted by atomic mass is 10.0. The Morgan fingerprint density at radius 1 is 1.38 bits per heavy atom. The molecule has 8 heteroatoms. The SMILES string of the molecule is CC[C@@H]1CCCCN1C(=O)CSC1=NS(=O)(=O)c2ccccc2N1. The van der Waals surface area contributed by atoms with E-state index in [-0.39, 0.29) is 21.7 Å². The summed E-state index contributed by atoms with van der Waals surface area (Å²) in [6.07, 6.45) is 4.21. The molecule has 1 saturated heterocycles. The number of fused-ring (bicyclic) bond motifs is 1. The van der Waals surface area contributed by atoms with Gasteiger partial charge < -0.3 is 10.2 Å². The van der Waals surface area contributed by atoms with E-state index < -0.39 is 10.0 Å². The van der Waals surface area contributed by atoms with Gasteiger partial charge in [0.2, 0.25) is 5.91 Å². The average Bonchev–Trinajstić information content (AvgIpc) is 2.59. The molecule has 6 nitrogen and oxygen atoms in total. The molecule has 1 aromatic rings. The molecule has 1 N–H and O–H groups in total. The van der Waals surface area contributed by atoms with Crippen molar-refractivity contribution in [2.45, 2.75) is 43.5 Å². The number of hydrogen-bond acceptors (Lipinski definition) is 5. The summed E-state index contributed by atoms with van der Waals surface area (Å²) in [5.41, 5.74) is 0.506. The summed E-state index contributed by atoms with van der Waals surface area (Å²) >= 11 is 1.15. The van der Waals surface area contributed by atoms with Crippen molar-refractivity contribution in [3.8, 4) is 0 Å². The number of nitrogens with zero attached hydrogens (tertiary/aromatic N) is 2. The summed E-state index contributed by atoms with van der Waals surface area (Å²) in [6.45, 7) is 2.89. The molecule has 1 fully saturated rings. The van der Waals surface area contributed by atoms with Gasteiger partial charge in [-0.05, 0) is 37.8 Å². The largest absolute Gasteiger partial charge is 0.339 e. The summed E-state index contributed by atoms with van der Waals surface area (Å²) < 4.78 is 28.2. The maximum Gasteiger partial charge on any atom is 0.286 e. The van der Waals surface area contributed by atoms with E-state index in [1.54, 1.807) is 18.2 Å². The third-order valence-electron chi connectivity index (χ3n) is 4.36. The Kier molecular flexibility index (Phi) is 5.15. The van der Waals surface area contributed by atoms with Gasteiger partial charge in [0.15, 0.2) is 5.17 Å². The summed E-state index contributed by atoms with van der Waals surface area (Å²) in [5.74, 6) is 0.243. The maximum absolute atomic E-state index is 12.5. The van der Waals surface area contributed by atoms with Gasteiger partial charge in [0.25, 0.3) is 10.0 Å². The first kappa shape index (κ1) is 17.3. The molecule has 2 heterocycles. The minimum atomic E-state index is -3.70. The van der Waals surface area contributed by atoms with E-state index in [4.69, 9.17) is 0 Å². The van der Waals surface area contributed by atoms with E-state index in [1.165, 1.54) is 12.5 Å². The van der Waals surface area contributed by atoms with Crippen LogP contribution in [-0.4, -0.2) is 42.7 Å².